The molecule has 3 nitrogen and oxygen atoms in total. The van der Waals surface area contributed by atoms with Gasteiger partial charge in [-0.3, -0.25) is 0 Å². The van der Waals surface area contributed by atoms with Crippen LogP contribution in [0, 0.1) is 5.82 Å². The van der Waals surface area contributed by atoms with Crippen LogP contribution in [-0.2, 0) is 6.42 Å². The molecule has 0 aliphatic heterocycles. The fraction of sp³-hybridized carbons (Fsp3) is 0.357. The summed E-state index contributed by atoms with van der Waals surface area (Å²) in [5.74, 6) is -0.121. The summed E-state index contributed by atoms with van der Waals surface area (Å²) < 4.78 is 15.5. The second kappa shape index (κ2) is 4.53. The maximum atomic E-state index is 13.8. The molecule has 94 valence electrons. The van der Waals surface area contributed by atoms with Crippen LogP contribution in [0.1, 0.15) is 30.0 Å². The molecule has 0 spiro atoms. The van der Waals surface area contributed by atoms with Gasteiger partial charge in [-0.1, -0.05) is 12.1 Å². The second-order valence-corrected chi connectivity index (χ2v) is 4.68. The van der Waals surface area contributed by atoms with Crippen LogP contribution in [0.3, 0.4) is 0 Å². The lowest BCUT2D eigenvalue weighted by atomic mass is 9.87. The normalized spacial score (nSPS) is 18.7. The molecule has 1 aromatic carbocycles. The van der Waals surface area contributed by atoms with Crippen LogP contribution in [0.5, 0.6) is 0 Å². The van der Waals surface area contributed by atoms with Crippen LogP contribution < -0.4 is 0 Å². The van der Waals surface area contributed by atoms with Crippen molar-refractivity contribution >= 4 is 0 Å². The highest BCUT2D eigenvalue weighted by Crippen LogP contribution is 2.32. The van der Waals surface area contributed by atoms with E-state index in [1.807, 2.05) is 0 Å². The number of aliphatic hydroxyl groups excluding tert-OH is 1. The van der Waals surface area contributed by atoms with E-state index in [4.69, 9.17) is 0 Å². The van der Waals surface area contributed by atoms with Gasteiger partial charge < -0.3 is 5.11 Å². The van der Waals surface area contributed by atoms with Gasteiger partial charge in [0.2, 0.25) is 0 Å². The van der Waals surface area contributed by atoms with Crippen LogP contribution in [0.15, 0.2) is 30.5 Å². The molecule has 2 aromatic rings. The van der Waals surface area contributed by atoms with Crippen molar-refractivity contribution in [2.75, 3.05) is 6.61 Å². The Balaban J connectivity index is 2.10. The van der Waals surface area contributed by atoms with E-state index in [0.29, 0.717) is 5.69 Å². The van der Waals surface area contributed by atoms with Crippen LogP contribution in [0.2, 0.25) is 0 Å². The summed E-state index contributed by atoms with van der Waals surface area (Å²) in [6.07, 6.45) is 4.65. The second-order valence-electron chi connectivity index (χ2n) is 4.68. The minimum absolute atomic E-state index is 0.135. The molecule has 0 fully saturated rings. The van der Waals surface area contributed by atoms with Gasteiger partial charge in [0.05, 0.1) is 12.8 Å². The molecule has 4 heteroatoms. The monoisotopic (exact) mass is 246 g/mol. The van der Waals surface area contributed by atoms with Gasteiger partial charge in [0.1, 0.15) is 11.5 Å². The first-order valence-electron chi connectivity index (χ1n) is 6.24. The number of nitrogens with zero attached hydrogens (tertiary/aromatic N) is 2. The third-order valence-electron chi connectivity index (χ3n) is 3.61. The molecule has 0 saturated heterocycles. The number of rotatable bonds is 2. The van der Waals surface area contributed by atoms with Crippen molar-refractivity contribution in [2.24, 2.45) is 0 Å². The first-order chi connectivity index (χ1) is 8.81. The molecule has 0 amide bonds. The first-order valence-corrected chi connectivity index (χ1v) is 6.24. The maximum Gasteiger partial charge on any atom is 0.148 e. The third kappa shape index (κ3) is 1.73. The molecule has 0 saturated carbocycles. The number of halogens is 1. The van der Waals surface area contributed by atoms with E-state index in [-0.39, 0.29) is 18.3 Å². The molecule has 0 bridgehead atoms. The molecule has 0 radical (unpaired) electrons. The van der Waals surface area contributed by atoms with Crippen molar-refractivity contribution in [1.29, 1.82) is 0 Å². The smallest absolute Gasteiger partial charge is 0.148 e. The molecule has 1 N–H and O–H groups in total. The van der Waals surface area contributed by atoms with E-state index in [2.05, 4.69) is 5.10 Å². The van der Waals surface area contributed by atoms with Crippen molar-refractivity contribution in [2.45, 2.75) is 25.2 Å². The van der Waals surface area contributed by atoms with Crippen LogP contribution in [0.25, 0.3) is 5.69 Å². The number of hydrogen-bond acceptors (Lipinski definition) is 2. The van der Waals surface area contributed by atoms with Gasteiger partial charge >= 0.3 is 0 Å². The van der Waals surface area contributed by atoms with Gasteiger partial charge in [-0.15, -0.1) is 0 Å². The summed E-state index contributed by atoms with van der Waals surface area (Å²) in [6.45, 7) is 0.135. The Labute approximate surface area is 105 Å². The van der Waals surface area contributed by atoms with Gasteiger partial charge in [-0.2, -0.15) is 5.10 Å². The van der Waals surface area contributed by atoms with Gasteiger partial charge in [0.15, 0.2) is 0 Å². The van der Waals surface area contributed by atoms with Gasteiger partial charge in [0.25, 0.3) is 0 Å². The van der Waals surface area contributed by atoms with Crippen molar-refractivity contribution in [1.82, 2.24) is 9.78 Å². The predicted octanol–water partition coefficient (Wildman–Crippen LogP) is 2.42. The zero-order chi connectivity index (χ0) is 12.5. The van der Waals surface area contributed by atoms with Crippen LogP contribution in [0.4, 0.5) is 4.39 Å². The molecular formula is C14H15FN2O. The SMILES string of the molecule is OCC1CCCc2c1cnn2-c1ccccc1F. The summed E-state index contributed by atoms with van der Waals surface area (Å²) >= 11 is 0. The topological polar surface area (TPSA) is 38.1 Å². The number of para-hydroxylation sites is 1. The molecular weight excluding hydrogens is 231 g/mol. The Morgan fingerprint density at radius 2 is 2.22 bits per heavy atom. The number of aromatic nitrogens is 2. The Kier molecular flexibility index (Phi) is 2.88. The van der Waals surface area contributed by atoms with E-state index < -0.39 is 0 Å². The quantitative estimate of drug-likeness (QED) is 0.883. The average Bonchev–Trinajstić information content (AvgIpc) is 2.83. The standard InChI is InChI=1S/C14H15FN2O/c15-12-5-1-2-6-14(12)17-13-7-3-4-10(9-18)11(13)8-16-17/h1-2,5-6,8,10,18H,3-4,7,9H2. The summed E-state index contributed by atoms with van der Waals surface area (Å²) in [7, 11) is 0. The van der Waals surface area contributed by atoms with E-state index in [1.165, 1.54) is 6.07 Å². The highest BCUT2D eigenvalue weighted by atomic mass is 19.1. The van der Waals surface area contributed by atoms with Gasteiger partial charge in [0, 0.05) is 11.6 Å². The van der Waals surface area contributed by atoms with Crippen LogP contribution in [-0.4, -0.2) is 21.5 Å². The minimum Gasteiger partial charge on any atom is -0.396 e. The lowest BCUT2D eigenvalue weighted by Gasteiger charge is -2.21. The average molecular weight is 246 g/mol. The molecule has 1 unspecified atom stereocenters. The number of hydrogen-bond donors (Lipinski definition) is 1. The van der Waals surface area contributed by atoms with Gasteiger partial charge in [-0.25, -0.2) is 9.07 Å². The van der Waals surface area contributed by atoms with Crippen molar-refractivity contribution in [3.63, 3.8) is 0 Å². The summed E-state index contributed by atoms with van der Waals surface area (Å²) in [4.78, 5) is 0. The van der Waals surface area contributed by atoms with Crippen LogP contribution >= 0.6 is 0 Å². The predicted molar refractivity (Wildman–Crippen MR) is 66.3 cm³/mol. The van der Waals surface area contributed by atoms with E-state index in [1.54, 1.807) is 29.1 Å². The molecule has 1 aliphatic carbocycles. The Morgan fingerprint density at radius 1 is 1.39 bits per heavy atom. The molecule has 18 heavy (non-hydrogen) atoms. The maximum absolute atomic E-state index is 13.8. The highest BCUT2D eigenvalue weighted by molar-refractivity contribution is 5.38. The van der Waals surface area contributed by atoms with E-state index in [0.717, 1.165) is 30.5 Å². The van der Waals surface area contributed by atoms with E-state index in [9.17, 15) is 9.50 Å². The first kappa shape index (κ1) is 11.4. The Hall–Kier alpha value is -1.68. The highest BCUT2D eigenvalue weighted by Gasteiger charge is 2.24. The molecule has 1 aliphatic rings. The number of fused-ring (bicyclic) bond motifs is 1. The lowest BCUT2D eigenvalue weighted by molar-refractivity contribution is 0.252. The zero-order valence-electron chi connectivity index (χ0n) is 10.0. The van der Waals surface area contributed by atoms with Crippen molar-refractivity contribution in [3.05, 3.63) is 47.5 Å². The lowest BCUT2D eigenvalue weighted by Crippen LogP contribution is -2.14. The Bertz CT molecular complexity index is 565. The Morgan fingerprint density at radius 3 is 3.00 bits per heavy atom. The van der Waals surface area contributed by atoms with E-state index >= 15 is 0 Å². The summed E-state index contributed by atoms with van der Waals surface area (Å²) in [5.41, 5.74) is 2.58. The fourth-order valence-corrected chi connectivity index (χ4v) is 2.67. The van der Waals surface area contributed by atoms with Crippen molar-refractivity contribution in [3.8, 4) is 5.69 Å². The minimum atomic E-state index is -0.269. The zero-order valence-corrected chi connectivity index (χ0v) is 10.0. The fourth-order valence-electron chi connectivity index (χ4n) is 2.67. The largest absolute Gasteiger partial charge is 0.396 e. The summed E-state index contributed by atoms with van der Waals surface area (Å²) in [6, 6.07) is 6.64. The number of benzene rings is 1. The van der Waals surface area contributed by atoms with Gasteiger partial charge in [-0.05, 0) is 37.0 Å². The molecule has 1 atom stereocenters. The molecule has 3 rings (SSSR count). The molecule has 1 heterocycles. The summed E-state index contributed by atoms with van der Waals surface area (Å²) in [5, 5.41) is 13.7. The van der Waals surface area contributed by atoms with Crippen molar-refractivity contribution < 1.29 is 9.50 Å². The molecule has 1 aromatic heterocycles. The third-order valence-corrected chi connectivity index (χ3v) is 3.61. The number of aliphatic hydroxyl groups is 1.